The van der Waals surface area contributed by atoms with Crippen molar-refractivity contribution in [3.05, 3.63) is 30.5 Å². The monoisotopic (exact) mass is 115 g/mol. The molecular weight excluding hydrogens is 112 g/mol. The molecule has 2 aromatic rings. The van der Waals surface area contributed by atoms with Gasteiger partial charge in [0.15, 0.2) is 0 Å². The second kappa shape index (κ2) is 1.58. The first kappa shape index (κ1) is 4.56. The van der Waals surface area contributed by atoms with E-state index in [0.29, 0.717) is 0 Å². The first-order valence-electron chi connectivity index (χ1n) is 2.61. The molecular formula is C7H3N2. The minimum absolute atomic E-state index is 0.859. The van der Waals surface area contributed by atoms with Crippen molar-refractivity contribution in [2.45, 2.75) is 0 Å². The number of aromatic nitrogens is 2. The number of benzene rings is 1. The van der Waals surface area contributed by atoms with Crippen LogP contribution in [0.5, 0.6) is 0 Å². The predicted octanol–water partition coefficient (Wildman–Crippen LogP) is 0.963. The van der Waals surface area contributed by atoms with Crippen molar-refractivity contribution in [2.75, 3.05) is 0 Å². The van der Waals surface area contributed by atoms with Crippen LogP contribution < -0.4 is 0 Å². The molecule has 9 heavy (non-hydrogen) atoms. The highest BCUT2D eigenvalue weighted by molar-refractivity contribution is 5.75. The summed E-state index contributed by atoms with van der Waals surface area (Å²) in [6.45, 7) is 0. The standard InChI is InChI=1S/C7H3N2/c1-2-4-7-6(3-1)5-8-9-7/h2,4H,(H,8,9). The van der Waals surface area contributed by atoms with E-state index >= 15 is 0 Å². The van der Waals surface area contributed by atoms with Crippen LogP contribution in [0.3, 0.4) is 0 Å². The Bertz CT molecular complexity index is 281. The van der Waals surface area contributed by atoms with Crippen molar-refractivity contribution in [2.24, 2.45) is 0 Å². The molecule has 0 fully saturated rings. The summed E-state index contributed by atoms with van der Waals surface area (Å²) in [4.78, 5) is 0. The Labute approximate surface area is 52.5 Å². The molecule has 0 spiro atoms. The third-order valence-electron chi connectivity index (χ3n) is 1.14. The van der Waals surface area contributed by atoms with E-state index in [1.807, 2.05) is 6.07 Å². The van der Waals surface area contributed by atoms with Crippen molar-refractivity contribution in [1.82, 2.24) is 10.2 Å². The van der Waals surface area contributed by atoms with Gasteiger partial charge in [-0.2, -0.15) is 5.10 Å². The van der Waals surface area contributed by atoms with Crippen molar-refractivity contribution in [1.29, 1.82) is 0 Å². The average Bonchev–Trinajstić information content (AvgIpc) is 2.33. The van der Waals surface area contributed by atoms with E-state index in [-0.39, 0.29) is 0 Å². The van der Waals surface area contributed by atoms with Crippen LogP contribution in [0.25, 0.3) is 10.9 Å². The SMILES string of the molecule is [c]1[c]c2[c]n[nH]c2cc1. The lowest BCUT2D eigenvalue weighted by atomic mass is 10.3. The van der Waals surface area contributed by atoms with Gasteiger partial charge in [0.1, 0.15) is 6.20 Å². The maximum Gasteiger partial charge on any atom is 0.121 e. The molecule has 0 aliphatic carbocycles. The molecule has 3 radical (unpaired) electrons. The van der Waals surface area contributed by atoms with E-state index in [1.54, 1.807) is 6.07 Å². The van der Waals surface area contributed by atoms with Crippen LogP contribution in [0.15, 0.2) is 12.1 Å². The van der Waals surface area contributed by atoms with Crippen LogP contribution in [0.2, 0.25) is 0 Å². The molecule has 2 rings (SSSR count). The summed E-state index contributed by atoms with van der Waals surface area (Å²) >= 11 is 0. The van der Waals surface area contributed by atoms with Crippen molar-refractivity contribution < 1.29 is 0 Å². The third-order valence-corrected chi connectivity index (χ3v) is 1.14. The molecule has 0 saturated carbocycles. The fourth-order valence-corrected chi connectivity index (χ4v) is 0.715. The number of rotatable bonds is 0. The van der Waals surface area contributed by atoms with Gasteiger partial charge in [0, 0.05) is 11.5 Å². The van der Waals surface area contributed by atoms with Gasteiger partial charge in [0.25, 0.3) is 0 Å². The van der Waals surface area contributed by atoms with Gasteiger partial charge in [0.05, 0.1) is 5.52 Å². The largest absolute Gasteiger partial charge is 0.277 e. The summed E-state index contributed by atoms with van der Waals surface area (Å²) in [6.07, 6.45) is 2.73. The third kappa shape index (κ3) is 0.598. The molecule has 2 heteroatoms. The Balaban J connectivity index is 2.95. The first-order chi connectivity index (χ1) is 4.47. The molecule has 0 amide bonds. The predicted molar refractivity (Wildman–Crippen MR) is 32.6 cm³/mol. The smallest absolute Gasteiger partial charge is 0.121 e. The zero-order valence-electron chi connectivity index (χ0n) is 4.60. The number of hydrogen-bond donors (Lipinski definition) is 1. The van der Waals surface area contributed by atoms with Crippen LogP contribution in [0.1, 0.15) is 0 Å². The molecule has 1 aromatic carbocycles. The van der Waals surface area contributed by atoms with Crippen LogP contribution in [-0.2, 0) is 0 Å². The van der Waals surface area contributed by atoms with Gasteiger partial charge in [-0.25, -0.2) is 0 Å². The quantitative estimate of drug-likeness (QED) is 0.544. The fourth-order valence-electron chi connectivity index (χ4n) is 0.715. The molecule has 0 saturated heterocycles. The lowest BCUT2D eigenvalue weighted by Gasteiger charge is -1.79. The number of nitrogens with zero attached hydrogens (tertiary/aromatic N) is 1. The van der Waals surface area contributed by atoms with Gasteiger partial charge in [-0.15, -0.1) is 0 Å². The van der Waals surface area contributed by atoms with Gasteiger partial charge in [-0.1, -0.05) is 6.07 Å². The van der Waals surface area contributed by atoms with Crippen LogP contribution in [0.4, 0.5) is 0 Å². The maximum atomic E-state index is 3.70. The zero-order chi connectivity index (χ0) is 6.10. The van der Waals surface area contributed by atoms with E-state index in [2.05, 4.69) is 28.5 Å². The molecule has 0 aliphatic heterocycles. The molecule has 0 atom stereocenters. The highest BCUT2D eigenvalue weighted by atomic mass is 15.1. The molecule has 1 aromatic heterocycles. The Morgan fingerprint density at radius 3 is 3.44 bits per heavy atom. The number of nitrogens with one attached hydrogen (secondary N) is 1. The van der Waals surface area contributed by atoms with E-state index < -0.39 is 0 Å². The summed E-state index contributed by atoms with van der Waals surface area (Å²) in [7, 11) is 0. The molecule has 41 valence electrons. The Morgan fingerprint density at radius 1 is 1.56 bits per heavy atom. The second-order valence-electron chi connectivity index (χ2n) is 1.73. The second-order valence-corrected chi connectivity index (χ2v) is 1.73. The fraction of sp³-hybridized carbons (Fsp3) is 0. The van der Waals surface area contributed by atoms with Crippen molar-refractivity contribution in [3.8, 4) is 0 Å². The molecule has 0 aliphatic rings. The van der Waals surface area contributed by atoms with E-state index in [0.717, 1.165) is 10.9 Å². The van der Waals surface area contributed by atoms with E-state index in [1.165, 1.54) is 0 Å². The minimum Gasteiger partial charge on any atom is -0.277 e. The number of hydrogen-bond acceptors (Lipinski definition) is 1. The highest BCUT2D eigenvalue weighted by Crippen LogP contribution is 2.05. The van der Waals surface area contributed by atoms with Crippen LogP contribution in [0, 0.1) is 18.3 Å². The van der Waals surface area contributed by atoms with Crippen molar-refractivity contribution >= 4 is 10.9 Å². The Morgan fingerprint density at radius 2 is 2.56 bits per heavy atom. The number of aromatic amines is 1. The zero-order valence-corrected chi connectivity index (χ0v) is 4.60. The molecule has 2 nitrogen and oxygen atoms in total. The van der Waals surface area contributed by atoms with Gasteiger partial charge < -0.3 is 0 Å². The minimum atomic E-state index is 0.859. The topological polar surface area (TPSA) is 28.7 Å². The maximum absolute atomic E-state index is 3.70. The first-order valence-corrected chi connectivity index (χ1v) is 2.61. The van der Waals surface area contributed by atoms with Crippen LogP contribution in [-0.4, -0.2) is 10.2 Å². The summed E-state index contributed by atoms with van der Waals surface area (Å²) in [5.74, 6) is 0. The van der Waals surface area contributed by atoms with Gasteiger partial charge >= 0.3 is 0 Å². The summed E-state index contributed by atoms with van der Waals surface area (Å²) in [6, 6.07) is 9.33. The van der Waals surface area contributed by atoms with E-state index in [4.69, 9.17) is 0 Å². The molecule has 0 bridgehead atoms. The van der Waals surface area contributed by atoms with Gasteiger partial charge in [-0.05, 0) is 12.1 Å². The Kier molecular flexibility index (Phi) is 0.803. The van der Waals surface area contributed by atoms with Gasteiger partial charge in [0.2, 0.25) is 0 Å². The average molecular weight is 115 g/mol. The molecule has 1 N–H and O–H groups in total. The summed E-state index contributed by atoms with van der Waals surface area (Å²) in [5.41, 5.74) is 0.953. The Hall–Kier alpha value is -1.31. The summed E-state index contributed by atoms with van der Waals surface area (Å²) in [5, 5.41) is 7.32. The number of H-pyrrole nitrogens is 1. The van der Waals surface area contributed by atoms with Crippen molar-refractivity contribution in [3.63, 3.8) is 0 Å². The van der Waals surface area contributed by atoms with Crippen LogP contribution >= 0.6 is 0 Å². The van der Waals surface area contributed by atoms with Gasteiger partial charge in [-0.3, -0.25) is 5.10 Å². The van der Waals surface area contributed by atoms with E-state index in [9.17, 15) is 0 Å². The lowest BCUT2D eigenvalue weighted by molar-refractivity contribution is 1.11. The summed E-state index contributed by atoms with van der Waals surface area (Å²) < 4.78 is 0. The lowest BCUT2D eigenvalue weighted by Crippen LogP contribution is -1.64. The molecule has 0 unspecified atom stereocenters. The number of fused-ring (bicyclic) bond motifs is 1. The molecule has 1 heterocycles. The highest BCUT2D eigenvalue weighted by Gasteiger charge is 1.90. The normalized spacial score (nSPS) is 10.2.